The average molecular weight is 421 g/mol. The lowest BCUT2D eigenvalue weighted by atomic mass is 10.1. The summed E-state index contributed by atoms with van der Waals surface area (Å²) >= 11 is 1.62. The molecule has 3 aromatic rings. The number of ether oxygens (including phenoxy) is 1. The summed E-state index contributed by atoms with van der Waals surface area (Å²) in [6.07, 6.45) is 4.44. The van der Waals surface area contributed by atoms with Gasteiger partial charge in [-0.3, -0.25) is 9.78 Å². The third-order valence-corrected chi connectivity index (χ3v) is 5.43. The fraction of sp³-hybridized carbons (Fsp3) is 0.304. The molecule has 1 unspecified atom stereocenters. The summed E-state index contributed by atoms with van der Waals surface area (Å²) < 4.78 is 5.88. The molecule has 0 aliphatic rings. The van der Waals surface area contributed by atoms with E-state index < -0.39 is 6.10 Å². The van der Waals surface area contributed by atoms with Crippen LogP contribution in [0.1, 0.15) is 30.8 Å². The Balaban J connectivity index is 1.50. The summed E-state index contributed by atoms with van der Waals surface area (Å²) in [4.78, 5) is 21.3. The Morgan fingerprint density at radius 3 is 2.73 bits per heavy atom. The van der Waals surface area contributed by atoms with Crippen LogP contribution in [0.25, 0.3) is 11.3 Å². The summed E-state index contributed by atoms with van der Waals surface area (Å²) in [6.45, 7) is 4.39. The molecule has 6 nitrogen and oxygen atoms in total. The van der Waals surface area contributed by atoms with Crippen LogP contribution in [-0.4, -0.2) is 28.5 Å². The van der Waals surface area contributed by atoms with Gasteiger partial charge in [0.2, 0.25) is 0 Å². The number of pyridine rings is 1. The normalized spacial score (nSPS) is 11.7. The lowest BCUT2D eigenvalue weighted by molar-refractivity contribution is -0.129. The molecule has 3 rings (SSSR count). The van der Waals surface area contributed by atoms with E-state index in [0.29, 0.717) is 17.9 Å². The Bertz CT molecular complexity index is 1010. The maximum absolute atomic E-state index is 12.7. The first-order chi connectivity index (χ1) is 14.6. The molecule has 0 bridgehead atoms. The average Bonchev–Trinajstić information content (AvgIpc) is 3.24. The second-order valence-electron chi connectivity index (χ2n) is 7.15. The largest absolute Gasteiger partial charge is 0.479 e. The molecule has 0 saturated heterocycles. The van der Waals surface area contributed by atoms with Crippen molar-refractivity contribution in [3.63, 3.8) is 0 Å². The molecule has 1 N–H and O–H groups in total. The maximum atomic E-state index is 12.7. The van der Waals surface area contributed by atoms with Crippen molar-refractivity contribution in [3.8, 4) is 23.1 Å². The van der Waals surface area contributed by atoms with Gasteiger partial charge in [-0.05, 0) is 36.6 Å². The first-order valence-corrected chi connectivity index (χ1v) is 10.7. The highest BCUT2D eigenvalue weighted by atomic mass is 32.1. The summed E-state index contributed by atoms with van der Waals surface area (Å²) in [5.41, 5.74) is 2.42. The number of amides is 1. The lowest BCUT2D eigenvalue weighted by Gasteiger charge is -2.22. The number of thiazole rings is 1. The van der Waals surface area contributed by atoms with Crippen molar-refractivity contribution in [2.45, 2.75) is 32.8 Å². The minimum absolute atomic E-state index is 0.0290. The highest BCUT2D eigenvalue weighted by molar-refractivity contribution is 7.09. The number of nitrogens with one attached hydrogen (secondary N) is 1. The van der Waals surface area contributed by atoms with E-state index in [9.17, 15) is 10.1 Å². The van der Waals surface area contributed by atoms with Crippen LogP contribution in [0.3, 0.4) is 0 Å². The van der Waals surface area contributed by atoms with Crippen molar-refractivity contribution < 1.29 is 9.53 Å². The molecule has 154 valence electrons. The predicted octanol–water partition coefficient (Wildman–Crippen LogP) is 4.23. The van der Waals surface area contributed by atoms with Crippen LogP contribution >= 0.6 is 11.3 Å². The molecule has 2 heterocycles. The topological polar surface area (TPSA) is 87.9 Å². The van der Waals surface area contributed by atoms with Gasteiger partial charge in [-0.25, -0.2) is 4.98 Å². The zero-order chi connectivity index (χ0) is 21.3. The van der Waals surface area contributed by atoms with Gasteiger partial charge in [-0.2, -0.15) is 5.26 Å². The van der Waals surface area contributed by atoms with Gasteiger partial charge in [0.1, 0.15) is 11.8 Å². The summed E-state index contributed by atoms with van der Waals surface area (Å²) in [5.74, 6) is 0.230. The number of nitriles is 1. The minimum Gasteiger partial charge on any atom is -0.479 e. The monoisotopic (exact) mass is 420 g/mol. The minimum atomic E-state index is -0.655. The fourth-order valence-electron chi connectivity index (χ4n) is 2.92. The molecule has 0 fully saturated rings. The maximum Gasteiger partial charge on any atom is 0.261 e. The quantitative estimate of drug-likeness (QED) is 0.524. The molecule has 0 aliphatic heterocycles. The van der Waals surface area contributed by atoms with Crippen LogP contribution < -0.4 is 10.1 Å². The van der Waals surface area contributed by atoms with E-state index in [2.05, 4.69) is 21.4 Å². The smallest absolute Gasteiger partial charge is 0.261 e. The Hall–Kier alpha value is -3.24. The molecule has 1 amide bonds. The van der Waals surface area contributed by atoms with Crippen LogP contribution in [-0.2, 0) is 11.2 Å². The third kappa shape index (κ3) is 5.65. The van der Waals surface area contributed by atoms with Gasteiger partial charge in [-0.15, -0.1) is 11.3 Å². The van der Waals surface area contributed by atoms with Gasteiger partial charge in [-0.1, -0.05) is 26.0 Å². The molecule has 1 aromatic carbocycles. The first kappa shape index (κ1) is 21.5. The van der Waals surface area contributed by atoms with Crippen molar-refractivity contribution in [2.24, 2.45) is 5.92 Å². The molecular formula is C23H24N4O2S. The Kier molecular flexibility index (Phi) is 7.52. The number of hydrogen-bond acceptors (Lipinski definition) is 6. The van der Waals surface area contributed by atoms with Crippen LogP contribution in [0, 0.1) is 17.2 Å². The third-order valence-electron chi connectivity index (χ3n) is 4.52. The second kappa shape index (κ2) is 10.5. The number of aromatic nitrogens is 2. The van der Waals surface area contributed by atoms with Crippen molar-refractivity contribution in [3.05, 3.63) is 64.7 Å². The van der Waals surface area contributed by atoms with Crippen molar-refractivity contribution >= 4 is 17.2 Å². The highest BCUT2D eigenvalue weighted by Gasteiger charge is 2.24. The molecule has 2 aromatic heterocycles. The Morgan fingerprint density at radius 1 is 1.23 bits per heavy atom. The van der Waals surface area contributed by atoms with Crippen LogP contribution in [0.4, 0.5) is 0 Å². The summed E-state index contributed by atoms with van der Waals surface area (Å²) in [6, 6.07) is 12.9. The number of carbonyl (C=O) groups is 1. The zero-order valence-corrected chi connectivity index (χ0v) is 17.9. The van der Waals surface area contributed by atoms with Gasteiger partial charge < -0.3 is 10.1 Å². The number of aryl methyl sites for hydroxylation is 1. The Morgan fingerprint density at radius 2 is 2.00 bits per heavy atom. The number of para-hydroxylation sites is 1. The molecule has 30 heavy (non-hydrogen) atoms. The van der Waals surface area contributed by atoms with E-state index in [1.807, 2.05) is 31.4 Å². The molecular weight excluding hydrogens is 396 g/mol. The van der Waals surface area contributed by atoms with Crippen LogP contribution in [0.15, 0.2) is 54.2 Å². The number of hydrogen-bond donors (Lipinski definition) is 1. The van der Waals surface area contributed by atoms with E-state index in [1.54, 1.807) is 48.0 Å². The molecule has 0 spiro atoms. The number of rotatable bonds is 9. The van der Waals surface area contributed by atoms with Crippen molar-refractivity contribution in [1.29, 1.82) is 5.26 Å². The van der Waals surface area contributed by atoms with Crippen LogP contribution in [0.5, 0.6) is 5.75 Å². The van der Waals surface area contributed by atoms with Gasteiger partial charge in [0.05, 0.1) is 16.3 Å². The van der Waals surface area contributed by atoms with E-state index in [-0.39, 0.29) is 11.8 Å². The van der Waals surface area contributed by atoms with E-state index >= 15 is 0 Å². The van der Waals surface area contributed by atoms with Gasteiger partial charge in [0, 0.05) is 36.3 Å². The Labute approximate surface area is 180 Å². The summed E-state index contributed by atoms with van der Waals surface area (Å²) in [7, 11) is 0. The van der Waals surface area contributed by atoms with E-state index in [4.69, 9.17) is 4.74 Å². The fourth-order valence-corrected chi connectivity index (χ4v) is 3.77. The highest BCUT2D eigenvalue weighted by Crippen LogP contribution is 2.22. The number of carbonyl (C=O) groups excluding carboxylic acids is 1. The zero-order valence-electron chi connectivity index (χ0n) is 17.0. The second-order valence-corrected chi connectivity index (χ2v) is 8.09. The molecule has 0 saturated carbocycles. The number of benzene rings is 1. The lowest BCUT2D eigenvalue weighted by Crippen LogP contribution is -2.42. The SMILES string of the molecule is CC(C)C(Oc1ccccc1C#N)C(=O)NCCCc1nc(-c2ccncc2)cs1. The standard InChI is InChI=1S/C23H24N4O2S/c1-16(2)22(29-20-7-4-3-6-18(20)14-24)23(28)26-11-5-8-21-27-19(15-30-21)17-9-12-25-13-10-17/h3-4,6-7,9-10,12-13,15-16,22H,5,8,11H2,1-2H3,(H,26,28). The molecule has 7 heteroatoms. The van der Waals surface area contributed by atoms with Crippen molar-refractivity contribution in [2.75, 3.05) is 6.54 Å². The predicted molar refractivity (Wildman–Crippen MR) is 117 cm³/mol. The van der Waals surface area contributed by atoms with Gasteiger partial charge in [0.25, 0.3) is 5.91 Å². The molecule has 0 radical (unpaired) electrons. The molecule has 0 aliphatic carbocycles. The van der Waals surface area contributed by atoms with Crippen molar-refractivity contribution in [1.82, 2.24) is 15.3 Å². The van der Waals surface area contributed by atoms with Gasteiger partial charge in [0.15, 0.2) is 6.10 Å². The summed E-state index contributed by atoms with van der Waals surface area (Å²) in [5, 5.41) is 15.3. The number of nitrogens with zero attached hydrogens (tertiary/aromatic N) is 3. The van der Waals surface area contributed by atoms with Gasteiger partial charge >= 0.3 is 0 Å². The van der Waals surface area contributed by atoms with E-state index in [0.717, 1.165) is 29.1 Å². The first-order valence-electron chi connectivity index (χ1n) is 9.86. The molecule has 1 atom stereocenters. The van der Waals surface area contributed by atoms with E-state index in [1.165, 1.54) is 0 Å². The van der Waals surface area contributed by atoms with Crippen LogP contribution in [0.2, 0.25) is 0 Å².